The molecule has 0 amide bonds. The molecule has 0 heterocycles. The number of hydrogen-bond acceptors (Lipinski definition) is 1. The van der Waals surface area contributed by atoms with Crippen molar-refractivity contribution >= 4 is 8.32 Å². The predicted molar refractivity (Wildman–Crippen MR) is 69.4 cm³/mol. The molecular weight excluding hydrogens is 200 g/mol. The molecule has 0 aromatic heterocycles. The zero-order chi connectivity index (χ0) is 11.9. The number of rotatable bonds is 2. The molecule has 0 aliphatic heterocycles. The number of hydrogen-bond donors (Lipinski definition) is 0. The summed E-state index contributed by atoms with van der Waals surface area (Å²) < 4.78 is 6.31. The third-order valence-electron chi connectivity index (χ3n) is 3.53. The van der Waals surface area contributed by atoms with Gasteiger partial charge in [0.25, 0.3) is 0 Å². The minimum Gasteiger partial charge on any atom is -0.546 e. The Kier molecular flexibility index (Phi) is 3.20. The summed E-state index contributed by atoms with van der Waals surface area (Å²) in [6, 6.07) is 0. The first-order valence-electron chi connectivity index (χ1n) is 5.69. The van der Waals surface area contributed by atoms with E-state index >= 15 is 0 Å². The minimum absolute atomic E-state index is 0.288. The van der Waals surface area contributed by atoms with E-state index in [1.54, 1.807) is 0 Å². The van der Waals surface area contributed by atoms with E-state index in [0.29, 0.717) is 0 Å². The second-order valence-electron chi connectivity index (χ2n) is 6.14. The van der Waals surface area contributed by atoms with Crippen molar-refractivity contribution in [2.75, 3.05) is 0 Å². The van der Waals surface area contributed by atoms with Gasteiger partial charge in [0.05, 0.1) is 5.76 Å². The van der Waals surface area contributed by atoms with Gasteiger partial charge in [0, 0.05) is 6.42 Å². The van der Waals surface area contributed by atoms with Gasteiger partial charge < -0.3 is 4.43 Å². The Labute approximate surface area is 95.4 Å². The third-order valence-corrected chi connectivity index (χ3v) is 7.90. The lowest BCUT2D eigenvalue weighted by atomic mass is 10.2. The standard InChI is InChI=1S/C13H24OSi/c1-10-8-11(2)12(9-10)14-15(6,7)13(3,4)5/h8H,9H2,1-7H3. The summed E-state index contributed by atoms with van der Waals surface area (Å²) in [5.74, 6) is 1.21. The van der Waals surface area contributed by atoms with E-state index < -0.39 is 8.32 Å². The van der Waals surface area contributed by atoms with Crippen molar-refractivity contribution in [2.45, 2.75) is 59.2 Å². The predicted octanol–water partition coefficient (Wildman–Crippen LogP) is 4.63. The molecular formula is C13H24OSi. The van der Waals surface area contributed by atoms with Crippen LogP contribution >= 0.6 is 0 Å². The maximum atomic E-state index is 6.31. The zero-order valence-electron chi connectivity index (χ0n) is 11.2. The second kappa shape index (κ2) is 3.82. The fraction of sp³-hybridized carbons (Fsp3) is 0.692. The lowest BCUT2D eigenvalue weighted by molar-refractivity contribution is 0.373. The Morgan fingerprint density at radius 3 is 2.07 bits per heavy atom. The summed E-state index contributed by atoms with van der Waals surface area (Å²) >= 11 is 0. The van der Waals surface area contributed by atoms with Crippen molar-refractivity contribution in [1.82, 2.24) is 0 Å². The van der Waals surface area contributed by atoms with Gasteiger partial charge in [0.1, 0.15) is 0 Å². The van der Waals surface area contributed by atoms with Crippen LogP contribution in [0.2, 0.25) is 18.1 Å². The summed E-state index contributed by atoms with van der Waals surface area (Å²) in [6.45, 7) is 15.8. The number of allylic oxidation sites excluding steroid dienone is 3. The molecule has 0 spiro atoms. The summed E-state index contributed by atoms with van der Waals surface area (Å²) in [5.41, 5.74) is 2.73. The van der Waals surface area contributed by atoms with Crippen molar-refractivity contribution in [1.29, 1.82) is 0 Å². The first-order valence-corrected chi connectivity index (χ1v) is 8.60. The molecule has 0 N–H and O–H groups in total. The molecule has 86 valence electrons. The molecule has 1 aliphatic carbocycles. The smallest absolute Gasteiger partial charge is 0.250 e. The highest BCUT2D eigenvalue weighted by molar-refractivity contribution is 6.74. The molecule has 1 rings (SSSR count). The van der Waals surface area contributed by atoms with E-state index in [1.165, 1.54) is 16.9 Å². The van der Waals surface area contributed by atoms with Crippen LogP contribution in [0.3, 0.4) is 0 Å². The van der Waals surface area contributed by atoms with Gasteiger partial charge in [-0.1, -0.05) is 32.4 Å². The lowest BCUT2D eigenvalue weighted by Gasteiger charge is -2.37. The molecule has 2 heteroatoms. The van der Waals surface area contributed by atoms with E-state index in [0.717, 1.165) is 6.42 Å². The lowest BCUT2D eigenvalue weighted by Crippen LogP contribution is -2.40. The van der Waals surface area contributed by atoms with Gasteiger partial charge in [-0.3, -0.25) is 0 Å². The first-order chi connectivity index (χ1) is 6.63. The Balaban J connectivity index is 2.77. The highest BCUT2D eigenvalue weighted by atomic mass is 28.4. The molecule has 1 nitrogen and oxygen atoms in total. The SMILES string of the molecule is CC1=CC(C)=C(O[Si](C)(C)C(C)(C)C)C1. The molecule has 0 atom stereocenters. The fourth-order valence-corrected chi connectivity index (χ4v) is 2.63. The van der Waals surface area contributed by atoms with Gasteiger partial charge in [-0.15, -0.1) is 0 Å². The normalized spacial score (nSPS) is 18.2. The van der Waals surface area contributed by atoms with Crippen LogP contribution in [0.1, 0.15) is 41.0 Å². The molecule has 0 unspecified atom stereocenters. The van der Waals surface area contributed by atoms with Crippen molar-refractivity contribution in [3.8, 4) is 0 Å². The van der Waals surface area contributed by atoms with Crippen LogP contribution in [0.15, 0.2) is 23.0 Å². The van der Waals surface area contributed by atoms with E-state index in [-0.39, 0.29) is 5.04 Å². The summed E-state index contributed by atoms with van der Waals surface area (Å²) in [4.78, 5) is 0. The van der Waals surface area contributed by atoms with Crippen LogP contribution in [0.5, 0.6) is 0 Å². The highest BCUT2D eigenvalue weighted by Crippen LogP contribution is 2.40. The Morgan fingerprint density at radius 1 is 1.20 bits per heavy atom. The minimum atomic E-state index is -1.63. The molecule has 1 aliphatic rings. The van der Waals surface area contributed by atoms with Crippen LogP contribution in [-0.2, 0) is 4.43 Å². The molecule has 15 heavy (non-hydrogen) atoms. The Morgan fingerprint density at radius 2 is 1.73 bits per heavy atom. The van der Waals surface area contributed by atoms with Crippen molar-refractivity contribution in [3.63, 3.8) is 0 Å². The molecule has 0 aromatic carbocycles. The van der Waals surface area contributed by atoms with Gasteiger partial charge >= 0.3 is 0 Å². The fourth-order valence-electron chi connectivity index (χ4n) is 1.47. The van der Waals surface area contributed by atoms with Crippen LogP contribution in [0.4, 0.5) is 0 Å². The monoisotopic (exact) mass is 224 g/mol. The summed E-state index contributed by atoms with van der Waals surface area (Å²) in [5, 5.41) is 0.288. The van der Waals surface area contributed by atoms with Crippen LogP contribution in [-0.4, -0.2) is 8.32 Å². The molecule has 0 saturated carbocycles. The van der Waals surface area contributed by atoms with E-state index in [9.17, 15) is 0 Å². The zero-order valence-corrected chi connectivity index (χ0v) is 12.2. The van der Waals surface area contributed by atoms with E-state index in [4.69, 9.17) is 4.43 Å². The van der Waals surface area contributed by atoms with Crippen LogP contribution < -0.4 is 0 Å². The average molecular weight is 224 g/mol. The largest absolute Gasteiger partial charge is 0.546 e. The highest BCUT2D eigenvalue weighted by Gasteiger charge is 2.39. The molecule has 0 radical (unpaired) electrons. The second-order valence-corrected chi connectivity index (χ2v) is 10.9. The van der Waals surface area contributed by atoms with Crippen LogP contribution in [0.25, 0.3) is 0 Å². The molecule has 0 saturated heterocycles. The summed E-state index contributed by atoms with van der Waals surface area (Å²) in [7, 11) is -1.63. The molecule has 0 aromatic rings. The van der Waals surface area contributed by atoms with Crippen molar-refractivity contribution < 1.29 is 4.43 Å². The van der Waals surface area contributed by atoms with Gasteiger partial charge in [0.15, 0.2) is 0 Å². The molecule has 0 fully saturated rings. The van der Waals surface area contributed by atoms with Crippen molar-refractivity contribution in [3.05, 3.63) is 23.0 Å². The topological polar surface area (TPSA) is 9.23 Å². The average Bonchev–Trinajstić information content (AvgIpc) is 2.26. The molecule has 0 bridgehead atoms. The Bertz CT molecular complexity index is 316. The third kappa shape index (κ3) is 2.74. The maximum Gasteiger partial charge on any atom is 0.250 e. The maximum absolute atomic E-state index is 6.31. The van der Waals surface area contributed by atoms with Gasteiger partial charge in [0.2, 0.25) is 8.32 Å². The quantitative estimate of drug-likeness (QED) is 0.621. The summed E-state index contributed by atoms with van der Waals surface area (Å²) in [6.07, 6.45) is 3.25. The van der Waals surface area contributed by atoms with Crippen LogP contribution in [0, 0.1) is 0 Å². The van der Waals surface area contributed by atoms with Gasteiger partial charge in [-0.2, -0.15) is 0 Å². The van der Waals surface area contributed by atoms with Gasteiger partial charge in [-0.05, 0) is 37.6 Å². The van der Waals surface area contributed by atoms with Gasteiger partial charge in [-0.25, -0.2) is 0 Å². The Hall–Kier alpha value is -0.503. The van der Waals surface area contributed by atoms with E-state index in [1.807, 2.05) is 0 Å². The first kappa shape index (κ1) is 12.6. The van der Waals surface area contributed by atoms with Crippen molar-refractivity contribution in [2.24, 2.45) is 0 Å². The van der Waals surface area contributed by atoms with E-state index in [2.05, 4.69) is 53.8 Å².